The highest BCUT2D eigenvalue weighted by atomic mass is 16.2. The molecule has 4 heteroatoms. The molecule has 3 rings (SSSR count). The summed E-state index contributed by atoms with van der Waals surface area (Å²) in [7, 11) is 0. The van der Waals surface area contributed by atoms with Crippen LogP contribution in [0, 0.1) is 13.8 Å². The van der Waals surface area contributed by atoms with Crippen LogP contribution in [-0.4, -0.2) is 29.3 Å². The van der Waals surface area contributed by atoms with Crippen LogP contribution in [0.3, 0.4) is 0 Å². The molecule has 1 atom stereocenters. The van der Waals surface area contributed by atoms with Crippen LogP contribution in [0.15, 0.2) is 48.5 Å². The molecule has 0 saturated carbocycles. The molecule has 124 valence electrons. The van der Waals surface area contributed by atoms with Crippen molar-refractivity contribution in [2.75, 3.05) is 11.9 Å². The predicted octanol–water partition coefficient (Wildman–Crippen LogP) is 3.55. The first-order chi connectivity index (χ1) is 11.6. The van der Waals surface area contributed by atoms with Gasteiger partial charge in [0.15, 0.2) is 0 Å². The number of carbonyl (C=O) groups is 2. The maximum Gasteiger partial charge on any atom is 0.254 e. The average Bonchev–Trinajstić information content (AvgIpc) is 3.09. The van der Waals surface area contributed by atoms with Gasteiger partial charge >= 0.3 is 0 Å². The van der Waals surface area contributed by atoms with E-state index < -0.39 is 6.04 Å². The smallest absolute Gasteiger partial charge is 0.254 e. The van der Waals surface area contributed by atoms with E-state index in [0.29, 0.717) is 18.5 Å². The van der Waals surface area contributed by atoms with Gasteiger partial charge in [-0.05, 0) is 56.0 Å². The lowest BCUT2D eigenvalue weighted by atomic mass is 10.1. The number of rotatable bonds is 3. The molecule has 1 aliphatic rings. The van der Waals surface area contributed by atoms with Gasteiger partial charge in [-0.1, -0.05) is 30.3 Å². The van der Waals surface area contributed by atoms with Crippen molar-refractivity contribution < 1.29 is 9.59 Å². The van der Waals surface area contributed by atoms with E-state index in [9.17, 15) is 9.59 Å². The van der Waals surface area contributed by atoms with E-state index in [1.165, 1.54) is 0 Å². The van der Waals surface area contributed by atoms with Crippen LogP contribution < -0.4 is 5.32 Å². The van der Waals surface area contributed by atoms with Gasteiger partial charge in [-0.3, -0.25) is 9.59 Å². The van der Waals surface area contributed by atoms with E-state index in [-0.39, 0.29) is 11.8 Å². The van der Waals surface area contributed by atoms with E-state index in [2.05, 4.69) is 5.32 Å². The van der Waals surface area contributed by atoms with Crippen LogP contribution in [0.4, 0.5) is 5.69 Å². The minimum absolute atomic E-state index is 0.0748. The summed E-state index contributed by atoms with van der Waals surface area (Å²) in [6, 6.07) is 14.6. The van der Waals surface area contributed by atoms with E-state index in [0.717, 1.165) is 23.2 Å². The highest BCUT2D eigenvalue weighted by Gasteiger charge is 2.34. The SMILES string of the molecule is Cc1cccc(NC(=O)[C@@H]2CCCN2C(=O)c2ccccc2)c1C. The zero-order valence-corrected chi connectivity index (χ0v) is 14.1. The second-order valence-electron chi connectivity index (χ2n) is 6.26. The zero-order chi connectivity index (χ0) is 17.1. The molecule has 24 heavy (non-hydrogen) atoms. The molecule has 0 bridgehead atoms. The fraction of sp³-hybridized carbons (Fsp3) is 0.300. The van der Waals surface area contributed by atoms with Crippen LogP contribution in [0.2, 0.25) is 0 Å². The fourth-order valence-electron chi connectivity index (χ4n) is 3.13. The molecule has 0 spiro atoms. The predicted molar refractivity (Wildman–Crippen MR) is 95.0 cm³/mol. The summed E-state index contributed by atoms with van der Waals surface area (Å²) in [6.45, 7) is 4.64. The van der Waals surface area contributed by atoms with Crippen molar-refractivity contribution in [1.82, 2.24) is 4.90 Å². The van der Waals surface area contributed by atoms with Crippen molar-refractivity contribution in [3.8, 4) is 0 Å². The summed E-state index contributed by atoms with van der Waals surface area (Å²) in [5.74, 6) is -0.181. The Morgan fingerprint density at radius 2 is 1.79 bits per heavy atom. The molecule has 1 aliphatic heterocycles. The third-order valence-corrected chi connectivity index (χ3v) is 4.70. The summed E-state index contributed by atoms with van der Waals surface area (Å²) < 4.78 is 0. The lowest BCUT2D eigenvalue weighted by Gasteiger charge is -2.24. The van der Waals surface area contributed by atoms with Crippen molar-refractivity contribution in [3.63, 3.8) is 0 Å². The number of aryl methyl sites for hydroxylation is 1. The molecule has 0 radical (unpaired) electrons. The number of benzene rings is 2. The molecule has 1 N–H and O–H groups in total. The normalized spacial score (nSPS) is 16.9. The van der Waals surface area contributed by atoms with Crippen molar-refractivity contribution >= 4 is 17.5 Å². The van der Waals surface area contributed by atoms with Crippen molar-refractivity contribution in [2.45, 2.75) is 32.7 Å². The van der Waals surface area contributed by atoms with Gasteiger partial charge in [0.05, 0.1) is 0 Å². The van der Waals surface area contributed by atoms with Gasteiger partial charge in [0.1, 0.15) is 6.04 Å². The molecule has 0 unspecified atom stereocenters. The van der Waals surface area contributed by atoms with Crippen LogP contribution in [0.25, 0.3) is 0 Å². The monoisotopic (exact) mass is 322 g/mol. The first-order valence-corrected chi connectivity index (χ1v) is 8.31. The van der Waals surface area contributed by atoms with Crippen molar-refractivity contribution in [1.29, 1.82) is 0 Å². The number of nitrogens with zero attached hydrogens (tertiary/aromatic N) is 1. The van der Waals surface area contributed by atoms with E-state index in [1.54, 1.807) is 17.0 Å². The molecule has 0 aromatic heterocycles. The molecule has 4 nitrogen and oxygen atoms in total. The van der Waals surface area contributed by atoms with Gasteiger partial charge in [-0.15, -0.1) is 0 Å². The molecule has 1 fully saturated rings. The maximum atomic E-state index is 12.7. The minimum Gasteiger partial charge on any atom is -0.327 e. The summed E-state index contributed by atoms with van der Waals surface area (Å²) >= 11 is 0. The van der Waals surface area contributed by atoms with Crippen molar-refractivity contribution in [2.24, 2.45) is 0 Å². The average molecular weight is 322 g/mol. The number of anilines is 1. The van der Waals surface area contributed by atoms with Crippen LogP contribution in [0.1, 0.15) is 34.3 Å². The Labute approximate surface area is 142 Å². The largest absolute Gasteiger partial charge is 0.327 e. The van der Waals surface area contributed by atoms with E-state index in [4.69, 9.17) is 0 Å². The highest BCUT2D eigenvalue weighted by Crippen LogP contribution is 2.23. The zero-order valence-electron chi connectivity index (χ0n) is 14.1. The molecule has 2 amide bonds. The van der Waals surface area contributed by atoms with E-state index >= 15 is 0 Å². The minimum atomic E-state index is -0.405. The van der Waals surface area contributed by atoms with Gasteiger partial charge in [0, 0.05) is 17.8 Å². The number of amides is 2. The topological polar surface area (TPSA) is 49.4 Å². The molecule has 1 saturated heterocycles. The van der Waals surface area contributed by atoms with Gasteiger partial charge < -0.3 is 10.2 Å². The quantitative estimate of drug-likeness (QED) is 0.939. The summed E-state index contributed by atoms with van der Waals surface area (Å²) in [6.07, 6.45) is 1.55. The molecule has 0 aliphatic carbocycles. The summed E-state index contributed by atoms with van der Waals surface area (Å²) in [5.41, 5.74) is 3.64. The molecule has 1 heterocycles. The fourth-order valence-corrected chi connectivity index (χ4v) is 3.13. The lowest BCUT2D eigenvalue weighted by Crippen LogP contribution is -2.43. The number of hydrogen-bond donors (Lipinski definition) is 1. The van der Waals surface area contributed by atoms with Crippen molar-refractivity contribution in [3.05, 3.63) is 65.2 Å². The van der Waals surface area contributed by atoms with Crippen LogP contribution in [-0.2, 0) is 4.79 Å². The standard InChI is InChI=1S/C20H22N2O2/c1-14-8-6-11-17(15(14)2)21-19(23)18-12-7-13-22(18)20(24)16-9-4-3-5-10-16/h3-6,8-11,18H,7,12-13H2,1-2H3,(H,21,23)/t18-/m0/s1. The maximum absolute atomic E-state index is 12.7. The first kappa shape index (κ1) is 16.2. The second-order valence-corrected chi connectivity index (χ2v) is 6.26. The molecule has 2 aromatic carbocycles. The molecule has 2 aromatic rings. The summed E-state index contributed by atoms with van der Waals surface area (Å²) in [4.78, 5) is 27.1. The van der Waals surface area contributed by atoms with Gasteiger partial charge in [-0.2, -0.15) is 0 Å². The van der Waals surface area contributed by atoms with Crippen LogP contribution >= 0.6 is 0 Å². The number of hydrogen-bond acceptors (Lipinski definition) is 2. The Morgan fingerprint density at radius 3 is 2.54 bits per heavy atom. The highest BCUT2D eigenvalue weighted by molar-refractivity contribution is 6.01. The second kappa shape index (κ2) is 6.87. The molecular formula is C20H22N2O2. The third kappa shape index (κ3) is 3.18. The Balaban J connectivity index is 1.76. The number of carbonyl (C=O) groups excluding carboxylic acids is 2. The first-order valence-electron chi connectivity index (χ1n) is 8.31. The Bertz CT molecular complexity index is 755. The number of nitrogens with one attached hydrogen (secondary N) is 1. The summed E-state index contributed by atoms with van der Waals surface area (Å²) in [5, 5.41) is 3.00. The number of likely N-dealkylation sites (tertiary alicyclic amines) is 1. The van der Waals surface area contributed by atoms with E-state index in [1.807, 2.05) is 50.2 Å². The lowest BCUT2D eigenvalue weighted by molar-refractivity contribution is -0.119. The third-order valence-electron chi connectivity index (χ3n) is 4.70. The Morgan fingerprint density at radius 1 is 1.04 bits per heavy atom. The van der Waals surface area contributed by atoms with Gasteiger partial charge in [0.25, 0.3) is 5.91 Å². The van der Waals surface area contributed by atoms with Gasteiger partial charge in [0.2, 0.25) is 5.91 Å². The van der Waals surface area contributed by atoms with Crippen LogP contribution in [0.5, 0.6) is 0 Å². The Kier molecular flexibility index (Phi) is 4.65. The van der Waals surface area contributed by atoms with Gasteiger partial charge in [-0.25, -0.2) is 0 Å². The Hall–Kier alpha value is -2.62. The molecular weight excluding hydrogens is 300 g/mol.